The Morgan fingerprint density at radius 1 is 1.02 bits per heavy atom. The first-order valence-electron chi connectivity index (χ1n) is 12.1. The molecule has 40 heavy (non-hydrogen) atoms. The summed E-state index contributed by atoms with van der Waals surface area (Å²) < 4.78 is 42.2. The summed E-state index contributed by atoms with van der Waals surface area (Å²) in [6, 6.07) is 15.0. The number of aromatic nitrogens is 2. The molecule has 12 heteroatoms. The van der Waals surface area contributed by atoms with Gasteiger partial charge in [0.2, 0.25) is 10.0 Å². The molecular weight excluding hydrogens is 537 g/mol. The van der Waals surface area contributed by atoms with Crippen LogP contribution in [0.5, 0.6) is 0 Å². The number of rotatable bonds is 10. The molecule has 1 amide bonds. The SMILES string of the molecule is O=C(NCCCc1cn[nH]c1)c1ccc(S(=O)(=O)NCc2ccc([N+](=O)[O-])cc2)c(C#Cc2ccc(F)cc2)c1. The third-order valence-corrected chi connectivity index (χ3v) is 7.27. The third-order valence-electron chi connectivity index (χ3n) is 5.81. The number of hydrogen-bond donors (Lipinski definition) is 3. The van der Waals surface area contributed by atoms with Gasteiger partial charge in [0.05, 0.1) is 16.0 Å². The first kappa shape index (κ1) is 28.2. The molecule has 0 fully saturated rings. The van der Waals surface area contributed by atoms with Gasteiger partial charge in [0, 0.05) is 48.1 Å². The molecule has 3 aromatic carbocycles. The van der Waals surface area contributed by atoms with Crippen LogP contribution in [0.25, 0.3) is 0 Å². The Bertz CT molecular complexity index is 1660. The minimum absolute atomic E-state index is 0.0755. The van der Waals surface area contributed by atoms with Crippen molar-refractivity contribution in [3.05, 3.63) is 123 Å². The average molecular weight is 562 g/mol. The van der Waals surface area contributed by atoms with E-state index in [0.717, 1.165) is 12.0 Å². The van der Waals surface area contributed by atoms with Crippen LogP contribution in [-0.4, -0.2) is 36.0 Å². The number of carbonyl (C=O) groups is 1. The third kappa shape index (κ3) is 7.59. The van der Waals surface area contributed by atoms with Crippen molar-refractivity contribution in [2.45, 2.75) is 24.3 Å². The molecule has 4 aromatic rings. The highest BCUT2D eigenvalue weighted by atomic mass is 32.2. The summed E-state index contributed by atoms with van der Waals surface area (Å²) in [5, 5.41) is 20.3. The number of carbonyl (C=O) groups excluding carboxylic acids is 1. The zero-order chi connectivity index (χ0) is 28.5. The van der Waals surface area contributed by atoms with Gasteiger partial charge >= 0.3 is 0 Å². The van der Waals surface area contributed by atoms with Crippen molar-refractivity contribution in [1.82, 2.24) is 20.2 Å². The predicted octanol–water partition coefficient (Wildman–Crippen LogP) is 3.70. The molecular formula is C28H24FN5O5S. The zero-order valence-electron chi connectivity index (χ0n) is 21.1. The maximum Gasteiger partial charge on any atom is 0.269 e. The molecule has 1 aromatic heterocycles. The Morgan fingerprint density at radius 2 is 1.77 bits per heavy atom. The van der Waals surface area contributed by atoms with Gasteiger partial charge in [-0.2, -0.15) is 5.10 Å². The van der Waals surface area contributed by atoms with E-state index >= 15 is 0 Å². The lowest BCUT2D eigenvalue weighted by Crippen LogP contribution is -2.26. The fourth-order valence-corrected chi connectivity index (χ4v) is 4.84. The van der Waals surface area contributed by atoms with Crippen molar-refractivity contribution in [2.24, 2.45) is 0 Å². The minimum atomic E-state index is -4.10. The van der Waals surface area contributed by atoms with Crippen molar-refractivity contribution >= 4 is 21.6 Å². The van der Waals surface area contributed by atoms with E-state index in [9.17, 15) is 27.7 Å². The van der Waals surface area contributed by atoms with Crippen LogP contribution < -0.4 is 10.0 Å². The van der Waals surface area contributed by atoms with Gasteiger partial charge in [0.1, 0.15) is 5.82 Å². The Morgan fingerprint density at radius 3 is 2.45 bits per heavy atom. The Hall–Kier alpha value is -4.86. The van der Waals surface area contributed by atoms with Crippen molar-refractivity contribution < 1.29 is 22.5 Å². The van der Waals surface area contributed by atoms with Gasteiger partial charge in [-0.25, -0.2) is 17.5 Å². The second kappa shape index (κ2) is 12.8. The molecule has 1 heterocycles. The van der Waals surface area contributed by atoms with E-state index in [-0.39, 0.29) is 34.2 Å². The number of H-pyrrole nitrogens is 1. The largest absolute Gasteiger partial charge is 0.352 e. The van der Waals surface area contributed by atoms with Crippen LogP contribution in [-0.2, 0) is 23.0 Å². The number of sulfonamides is 1. The van der Waals surface area contributed by atoms with Gasteiger partial charge < -0.3 is 5.32 Å². The van der Waals surface area contributed by atoms with E-state index in [1.807, 2.05) is 0 Å². The van der Waals surface area contributed by atoms with Gasteiger partial charge in [0.15, 0.2) is 0 Å². The lowest BCUT2D eigenvalue weighted by atomic mass is 10.1. The highest BCUT2D eigenvalue weighted by Gasteiger charge is 2.20. The highest BCUT2D eigenvalue weighted by Crippen LogP contribution is 2.19. The normalized spacial score (nSPS) is 10.9. The van der Waals surface area contributed by atoms with Gasteiger partial charge in [0.25, 0.3) is 11.6 Å². The summed E-state index contributed by atoms with van der Waals surface area (Å²) in [6.07, 6.45) is 4.90. The van der Waals surface area contributed by atoms with Crippen LogP contribution in [0.3, 0.4) is 0 Å². The van der Waals surface area contributed by atoms with Gasteiger partial charge in [-0.15, -0.1) is 0 Å². The lowest BCUT2D eigenvalue weighted by molar-refractivity contribution is -0.384. The molecule has 0 unspecified atom stereocenters. The molecule has 0 atom stereocenters. The molecule has 0 saturated carbocycles. The van der Waals surface area contributed by atoms with Crippen LogP contribution in [0.2, 0.25) is 0 Å². The first-order chi connectivity index (χ1) is 19.2. The highest BCUT2D eigenvalue weighted by molar-refractivity contribution is 7.89. The van der Waals surface area contributed by atoms with Crippen molar-refractivity contribution in [2.75, 3.05) is 6.54 Å². The number of nitrogens with one attached hydrogen (secondary N) is 3. The molecule has 0 bridgehead atoms. The summed E-state index contributed by atoms with van der Waals surface area (Å²) in [5.74, 6) is 4.79. The van der Waals surface area contributed by atoms with Crippen LogP contribution in [0.4, 0.5) is 10.1 Å². The van der Waals surface area contributed by atoms with E-state index in [0.29, 0.717) is 24.1 Å². The number of aryl methyl sites for hydroxylation is 1. The van der Waals surface area contributed by atoms with Crippen molar-refractivity contribution in [3.8, 4) is 11.8 Å². The molecule has 0 radical (unpaired) electrons. The fraction of sp³-hybridized carbons (Fsp3) is 0.143. The number of nitro benzene ring substituents is 1. The van der Waals surface area contributed by atoms with Crippen molar-refractivity contribution in [3.63, 3.8) is 0 Å². The molecule has 10 nitrogen and oxygen atoms in total. The zero-order valence-corrected chi connectivity index (χ0v) is 21.9. The Labute approximate surface area is 229 Å². The summed E-state index contributed by atoms with van der Waals surface area (Å²) in [6.45, 7) is 0.279. The van der Waals surface area contributed by atoms with Crippen LogP contribution >= 0.6 is 0 Å². The smallest absolute Gasteiger partial charge is 0.269 e. The van der Waals surface area contributed by atoms with E-state index in [1.54, 1.807) is 12.4 Å². The molecule has 4 rings (SSSR count). The van der Waals surface area contributed by atoms with Crippen LogP contribution in [0.1, 0.15) is 39.0 Å². The van der Waals surface area contributed by atoms with Gasteiger partial charge in [-0.3, -0.25) is 20.0 Å². The second-order valence-electron chi connectivity index (χ2n) is 8.68. The number of aromatic amines is 1. The molecule has 0 aliphatic heterocycles. The number of non-ortho nitro benzene ring substituents is 1. The number of nitro groups is 1. The van der Waals surface area contributed by atoms with Crippen molar-refractivity contribution in [1.29, 1.82) is 0 Å². The molecule has 3 N–H and O–H groups in total. The van der Waals surface area contributed by atoms with Gasteiger partial charge in [-0.1, -0.05) is 24.0 Å². The predicted molar refractivity (Wildman–Crippen MR) is 145 cm³/mol. The molecule has 0 saturated heterocycles. The summed E-state index contributed by atoms with van der Waals surface area (Å²) in [7, 11) is -4.10. The van der Waals surface area contributed by atoms with E-state index in [2.05, 4.69) is 32.1 Å². The Balaban J connectivity index is 1.54. The topological polar surface area (TPSA) is 147 Å². The lowest BCUT2D eigenvalue weighted by Gasteiger charge is -2.11. The van der Waals surface area contributed by atoms with E-state index in [4.69, 9.17) is 0 Å². The van der Waals surface area contributed by atoms with E-state index in [1.165, 1.54) is 66.7 Å². The summed E-state index contributed by atoms with van der Waals surface area (Å²) >= 11 is 0. The molecule has 0 spiro atoms. The monoisotopic (exact) mass is 561 g/mol. The molecule has 0 aliphatic rings. The Kier molecular flexibility index (Phi) is 9.00. The molecule has 0 aliphatic carbocycles. The fourth-order valence-electron chi connectivity index (χ4n) is 3.68. The number of halogens is 1. The standard InChI is InChI=1S/C28H24FN5O5S/c29-25-10-4-20(5-11-25)3-8-23-16-24(28(35)30-15-1-2-22-17-31-32-18-22)9-14-27(23)40(38,39)33-19-21-6-12-26(13-7-21)34(36)37/h4-7,9-14,16-18,33H,1-2,15,19H2,(H,30,35)(H,31,32). The number of nitrogens with zero attached hydrogens (tertiary/aromatic N) is 2. The van der Waals surface area contributed by atoms with Gasteiger partial charge in [-0.05, 0) is 66.4 Å². The summed E-state index contributed by atoms with van der Waals surface area (Å²) in [4.78, 5) is 22.9. The average Bonchev–Trinajstić information content (AvgIpc) is 3.47. The quantitative estimate of drug-likeness (QED) is 0.116. The van der Waals surface area contributed by atoms with Crippen LogP contribution in [0, 0.1) is 27.8 Å². The maximum absolute atomic E-state index is 13.3. The first-order valence-corrected chi connectivity index (χ1v) is 13.6. The molecule has 204 valence electrons. The van der Waals surface area contributed by atoms with E-state index < -0.39 is 20.8 Å². The number of benzene rings is 3. The number of amides is 1. The second-order valence-corrected chi connectivity index (χ2v) is 10.4. The summed E-state index contributed by atoms with van der Waals surface area (Å²) in [5.41, 5.74) is 2.17. The maximum atomic E-state index is 13.3. The van der Waals surface area contributed by atoms with Crippen LogP contribution in [0.15, 0.2) is 84.0 Å². The number of hydrogen-bond acceptors (Lipinski definition) is 6. The minimum Gasteiger partial charge on any atom is -0.352 e.